The Balaban J connectivity index is 1.87. The van der Waals surface area contributed by atoms with Gasteiger partial charge in [-0.05, 0) is 37.1 Å². The van der Waals surface area contributed by atoms with Crippen molar-refractivity contribution in [3.05, 3.63) is 11.9 Å². The molecule has 0 aromatic carbocycles. The molecule has 1 N–H and O–H groups in total. The van der Waals surface area contributed by atoms with E-state index < -0.39 is 0 Å². The topological polar surface area (TPSA) is 39.1 Å². The van der Waals surface area contributed by atoms with Crippen LogP contribution in [0, 0.1) is 17.8 Å². The summed E-state index contributed by atoms with van der Waals surface area (Å²) in [5.41, 5.74) is 1.22. The minimum atomic E-state index is 0.410. The van der Waals surface area contributed by atoms with Crippen molar-refractivity contribution >= 4 is 0 Å². The van der Waals surface area contributed by atoms with Crippen molar-refractivity contribution in [1.82, 2.24) is 15.1 Å². The van der Waals surface area contributed by atoms with Crippen molar-refractivity contribution in [3.8, 4) is 5.75 Å². The Kier molecular flexibility index (Phi) is 3.06. The summed E-state index contributed by atoms with van der Waals surface area (Å²) < 4.78 is 7.44. The van der Waals surface area contributed by atoms with Gasteiger partial charge < -0.3 is 10.1 Å². The largest absolute Gasteiger partial charge is 0.493 e. The number of aryl methyl sites for hydroxylation is 1. The second-order valence-corrected chi connectivity index (χ2v) is 5.59. The van der Waals surface area contributed by atoms with Gasteiger partial charge in [-0.25, -0.2) is 0 Å². The maximum atomic E-state index is 5.47. The fraction of sp³-hybridized carbons (Fsp3) is 0.786. The normalized spacial score (nSPS) is 31.2. The lowest BCUT2D eigenvalue weighted by atomic mass is 10.0. The summed E-state index contributed by atoms with van der Waals surface area (Å²) in [5, 5.41) is 8.00. The zero-order chi connectivity index (χ0) is 12.7. The van der Waals surface area contributed by atoms with Gasteiger partial charge in [0.05, 0.1) is 25.0 Å². The predicted molar refractivity (Wildman–Crippen MR) is 70.5 cm³/mol. The third-order valence-corrected chi connectivity index (χ3v) is 4.75. The number of nitrogens with one attached hydrogen (secondary N) is 1. The van der Waals surface area contributed by atoms with Crippen LogP contribution in [0.4, 0.5) is 0 Å². The molecule has 0 aliphatic heterocycles. The first-order chi connectivity index (χ1) is 8.77. The first-order valence-corrected chi connectivity index (χ1v) is 7.07. The predicted octanol–water partition coefficient (Wildman–Crippen LogP) is 2.13. The molecule has 2 fully saturated rings. The highest BCUT2D eigenvalue weighted by Gasteiger charge is 2.56. The summed E-state index contributed by atoms with van der Waals surface area (Å²) in [6.07, 6.45) is 6.08. The van der Waals surface area contributed by atoms with Crippen LogP contribution in [0.5, 0.6) is 5.75 Å². The van der Waals surface area contributed by atoms with Gasteiger partial charge in [0.1, 0.15) is 0 Å². The molecule has 3 rings (SSSR count). The highest BCUT2D eigenvalue weighted by atomic mass is 16.5. The Morgan fingerprint density at radius 3 is 2.83 bits per heavy atom. The van der Waals surface area contributed by atoms with Gasteiger partial charge in [-0.1, -0.05) is 13.3 Å². The van der Waals surface area contributed by atoms with Gasteiger partial charge in [0, 0.05) is 7.05 Å². The second kappa shape index (κ2) is 4.57. The number of methoxy groups -OCH3 is 1. The van der Waals surface area contributed by atoms with Crippen LogP contribution < -0.4 is 10.1 Å². The lowest BCUT2D eigenvalue weighted by molar-refractivity contribution is 0.366. The molecule has 2 aliphatic rings. The summed E-state index contributed by atoms with van der Waals surface area (Å²) >= 11 is 0. The van der Waals surface area contributed by atoms with Crippen LogP contribution in [0.25, 0.3) is 0 Å². The van der Waals surface area contributed by atoms with Crippen LogP contribution in [0.2, 0.25) is 0 Å². The zero-order valence-corrected chi connectivity index (χ0v) is 11.5. The van der Waals surface area contributed by atoms with Crippen molar-refractivity contribution in [1.29, 1.82) is 0 Å². The van der Waals surface area contributed by atoms with E-state index in [1.807, 2.05) is 17.9 Å². The van der Waals surface area contributed by atoms with Crippen molar-refractivity contribution < 1.29 is 4.74 Å². The lowest BCUT2D eigenvalue weighted by Crippen LogP contribution is -2.27. The Morgan fingerprint density at radius 1 is 1.50 bits per heavy atom. The van der Waals surface area contributed by atoms with Gasteiger partial charge in [-0.15, -0.1) is 0 Å². The Labute approximate surface area is 109 Å². The molecule has 3 atom stereocenters. The average molecular weight is 249 g/mol. The molecule has 2 saturated carbocycles. The molecule has 1 aromatic rings. The molecule has 1 aromatic heterocycles. The molecule has 2 aliphatic carbocycles. The molecule has 0 radical (unpaired) electrons. The standard InChI is InChI=1S/C14H23N3O/c1-4-15-13(12-9-6-5-7-10(9)12)14-11(18-3)8-16-17(14)2/h8-10,12-13,15H,4-7H2,1-3H3. The van der Waals surface area contributed by atoms with Crippen molar-refractivity contribution in [2.75, 3.05) is 13.7 Å². The Hall–Kier alpha value is -1.03. The molecule has 18 heavy (non-hydrogen) atoms. The summed E-state index contributed by atoms with van der Waals surface area (Å²) in [6.45, 7) is 3.17. The van der Waals surface area contributed by atoms with Crippen LogP contribution in [0.3, 0.4) is 0 Å². The molecule has 0 saturated heterocycles. The fourth-order valence-corrected chi connectivity index (χ4v) is 3.94. The van der Waals surface area contributed by atoms with E-state index in [4.69, 9.17) is 4.74 Å². The Morgan fingerprint density at radius 2 is 2.22 bits per heavy atom. The second-order valence-electron chi connectivity index (χ2n) is 5.59. The van der Waals surface area contributed by atoms with Crippen molar-refractivity contribution in [2.24, 2.45) is 24.8 Å². The van der Waals surface area contributed by atoms with Crippen LogP contribution in [-0.2, 0) is 7.05 Å². The highest BCUT2D eigenvalue weighted by molar-refractivity contribution is 5.31. The minimum absolute atomic E-state index is 0.410. The lowest BCUT2D eigenvalue weighted by Gasteiger charge is -2.21. The summed E-state index contributed by atoms with van der Waals surface area (Å²) in [4.78, 5) is 0. The van der Waals surface area contributed by atoms with E-state index in [2.05, 4.69) is 17.3 Å². The number of rotatable bonds is 5. The number of nitrogens with zero attached hydrogens (tertiary/aromatic N) is 2. The molecule has 4 heteroatoms. The maximum Gasteiger partial charge on any atom is 0.161 e. The number of hydrogen-bond acceptors (Lipinski definition) is 3. The van der Waals surface area contributed by atoms with Crippen LogP contribution >= 0.6 is 0 Å². The molecule has 0 spiro atoms. The summed E-state index contributed by atoms with van der Waals surface area (Å²) in [7, 11) is 3.75. The molecule has 100 valence electrons. The zero-order valence-electron chi connectivity index (χ0n) is 11.5. The van der Waals surface area contributed by atoms with E-state index in [1.165, 1.54) is 25.0 Å². The quantitative estimate of drug-likeness (QED) is 0.869. The van der Waals surface area contributed by atoms with Gasteiger partial charge in [0.25, 0.3) is 0 Å². The van der Waals surface area contributed by atoms with Crippen LogP contribution in [-0.4, -0.2) is 23.4 Å². The van der Waals surface area contributed by atoms with Gasteiger partial charge in [0.15, 0.2) is 5.75 Å². The van der Waals surface area contributed by atoms with E-state index >= 15 is 0 Å². The first kappa shape index (κ1) is 12.0. The molecule has 1 heterocycles. The maximum absolute atomic E-state index is 5.47. The summed E-state index contributed by atoms with van der Waals surface area (Å²) in [5.74, 6) is 3.60. The number of hydrogen-bond donors (Lipinski definition) is 1. The first-order valence-electron chi connectivity index (χ1n) is 7.07. The summed E-state index contributed by atoms with van der Waals surface area (Å²) in [6, 6.07) is 0.410. The van der Waals surface area contributed by atoms with Gasteiger partial charge >= 0.3 is 0 Å². The van der Waals surface area contributed by atoms with Gasteiger partial charge in [-0.2, -0.15) is 5.10 Å². The third kappa shape index (κ3) is 1.74. The van der Waals surface area contributed by atoms with Crippen LogP contribution in [0.1, 0.15) is 37.9 Å². The number of fused-ring (bicyclic) bond motifs is 1. The molecular formula is C14H23N3O. The smallest absolute Gasteiger partial charge is 0.161 e. The third-order valence-electron chi connectivity index (χ3n) is 4.75. The van der Waals surface area contributed by atoms with E-state index in [0.717, 1.165) is 30.0 Å². The van der Waals surface area contributed by atoms with E-state index in [0.29, 0.717) is 6.04 Å². The van der Waals surface area contributed by atoms with Crippen molar-refractivity contribution in [2.45, 2.75) is 32.2 Å². The fourth-order valence-electron chi connectivity index (χ4n) is 3.94. The van der Waals surface area contributed by atoms with E-state index in [9.17, 15) is 0 Å². The van der Waals surface area contributed by atoms with Gasteiger partial charge in [-0.3, -0.25) is 4.68 Å². The van der Waals surface area contributed by atoms with E-state index in [1.54, 1.807) is 7.11 Å². The minimum Gasteiger partial charge on any atom is -0.493 e. The molecule has 0 amide bonds. The average Bonchev–Trinajstić information content (AvgIpc) is 2.75. The molecule has 3 unspecified atom stereocenters. The molecular weight excluding hydrogens is 226 g/mol. The number of ether oxygens (including phenoxy) is 1. The SMILES string of the molecule is CCNC(c1c(OC)cnn1C)C1C2CCCC21. The number of aromatic nitrogens is 2. The van der Waals surface area contributed by atoms with Crippen LogP contribution in [0.15, 0.2) is 6.20 Å². The Bertz CT molecular complexity index is 419. The highest BCUT2D eigenvalue weighted by Crippen LogP contribution is 2.62. The molecule has 4 nitrogen and oxygen atoms in total. The monoisotopic (exact) mass is 249 g/mol. The van der Waals surface area contributed by atoms with E-state index in [-0.39, 0.29) is 0 Å². The molecule has 0 bridgehead atoms. The van der Waals surface area contributed by atoms with Crippen molar-refractivity contribution in [3.63, 3.8) is 0 Å². The van der Waals surface area contributed by atoms with Gasteiger partial charge in [0.2, 0.25) is 0 Å².